The molecule has 1 N–H and O–H groups in total. The number of aliphatic imine (C=N–C) groups is 1. The molecule has 0 atom stereocenters. The first kappa shape index (κ1) is 19.7. The number of carbonyl (C=O) groups excluding carboxylic acids is 1. The van der Waals surface area contributed by atoms with Crippen molar-refractivity contribution in [1.82, 2.24) is 5.32 Å². The van der Waals surface area contributed by atoms with E-state index >= 15 is 0 Å². The molecule has 2 fully saturated rings. The lowest BCUT2D eigenvalue weighted by molar-refractivity contribution is -0.115. The second-order valence-electron chi connectivity index (χ2n) is 7.60. The van der Waals surface area contributed by atoms with Crippen LogP contribution in [0.15, 0.2) is 40.2 Å². The van der Waals surface area contributed by atoms with Crippen molar-refractivity contribution < 1.29 is 9.18 Å². The van der Waals surface area contributed by atoms with Crippen LogP contribution in [0, 0.1) is 26.6 Å². The Balaban J connectivity index is 1.58. The highest BCUT2D eigenvalue weighted by Crippen LogP contribution is 2.32. The van der Waals surface area contributed by atoms with Crippen LogP contribution in [0.3, 0.4) is 0 Å². The van der Waals surface area contributed by atoms with Gasteiger partial charge in [0.2, 0.25) is 0 Å². The number of carbonyl (C=O) groups is 1. The Kier molecular flexibility index (Phi) is 5.46. The van der Waals surface area contributed by atoms with Gasteiger partial charge in [0.1, 0.15) is 5.82 Å². The van der Waals surface area contributed by atoms with Gasteiger partial charge in [-0.1, -0.05) is 6.07 Å². The monoisotopic (exact) mass is 409 g/mol. The van der Waals surface area contributed by atoms with Gasteiger partial charge >= 0.3 is 0 Å². The summed E-state index contributed by atoms with van der Waals surface area (Å²) in [5.41, 5.74) is 5.48. The van der Waals surface area contributed by atoms with Gasteiger partial charge in [-0.05, 0) is 98.0 Å². The minimum atomic E-state index is -0.239. The van der Waals surface area contributed by atoms with Crippen LogP contribution in [0.4, 0.5) is 15.8 Å². The van der Waals surface area contributed by atoms with Gasteiger partial charge in [-0.2, -0.15) is 0 Å². The van der Waals surface area contributed by atoms with Gasteiger partial charge in [0.15, 0.2) is 5.17 Å². The fourth-order valence-electron chi connectivity index (χ4n) is 3.57. The topological polar surface area (TPSA) is 44.7 Å². The van der Waals surface area contributed by atoms with Gasteiger partial charge in [-0.3, -0.25) is 4.79 Å². The first-order chi connectivity index (χ1) is 13.9. The molecule has 1 amide bonds. The maximum Gasteiger partial charge on any atom is 0.264 e. The summed E-state index contributed by atoms with van der Waals surface area (Å²) >= 11 is 1.28. The highest BCUT2D eigenvalue weighted by atomic mass is 32.2. The Bertz CT molecular complexity index is 1040. The summed E-state index contributed by atoms with van der Waals surface area (Å²) in [6.07, 6.45) is 3.95. The van der Waals surface area contributed by atoms with Crippen LogP contribution >= 0.6 is 11.8 Å². The lowest BCUT2D eigenvalue weighted by Gasteiger charge is -2.19. The molecule has 2 aliphatic heterocycles. The predicted octanol–water partition coefficient (Wildman–Crippen LogP) is 5.24. The maximum atomic E-state index is 14.7. The van der Waals surface area contributed by atoms with Crippen LogP contribution in [0.1, 0.15) is 35.1 Å². The van der Waals surface area contributed by atoms with Gasteiger partial charge < -0.3 is 10.2 Å². The van der Waals surface area contributed by atoms with E-state index in [9.17, 15) is 9.18 Å². The molecule has 6 heteroatoms. The van der Waals surface area contributed by atoms with Crippen molar-refractivity contribution in [3.8, 4) is 0 Å². The molecule has 4 rings (SSSR count). The number of nitrogens with zero attached hydrogens (tertiary/aromatic N) is 2. The Morgan fingerprint density at radius 3 is 2.55 bits per heavy atom. The largest absolute Gasteiger partial charge is 0.369 e. The van der Waals surface area contributed by atoms with Crippen molar-refractivity contribution in [3.05, 3.63) is 63.3 Å². The summed E-state index contributed by atoms with van der Waals surface area (Å²) in [4.78, 5) is 19.5. The predicted molar refractivity (Wildman–Crippen MR) is 119 cm³/mol. The summed E-state index contributed by atoms with van der Waals surface area (Å²) in [5, 5.41) is 3.34. The highest BCUT2D eigenvalue weighted by molar-refractivity contribution is 8.18. The van der Waals surface area contributed by atoms with Gasteiger partial charge in [0, 0.05) is 13.1 Å². The lowest BCUT2D eigenvalue weighted by Crippen LogP contribution is -2.19. The van der Waals surface area contributed by atoms with Gasteiger partial charge in [0.05, 0.1) is 16.3 Å². The van der Waals surface area contributed by atoms with Gasteiger partial charge in [0.25, 0.3) is 5.91 Å². The normalized spacial score (nSPS) is 19.4. The van der Waals surface area contributed by atoms with Crippen molar-refractivity contribution in [2.45, 2.75) is 33.6 Å². The number of thioether (sulfide) groups is 1. The number of hydrogen-bond donors (Lipinski definition) is 1. The molecule has 0 bridgehead atoms. The van der Waals surface area contributed by atoms with E-state index < -0.39 is 0 Å². The van der Waals surface area contributed by atoms with Crippen molar-refractivity contribution in [2.75, 3.05) is 18.0 Å². The lowest BCUT2D eigenvalue weighted by atomic mass is 10.1. The standard InChI is InChI=1S/C23H24FN3OS/c1-14-6-7-18(10-15(14)2)25-23-26-22(28)21(29-23)13-17-12-19(24)20(11-16(17)3)27-8-4-5-9-27/h6-7,10-13H,4-5,8-9H2,1-3H3,(H,25,26,28). The number of hydrogen-bond acceptors (Lipinski definition) is 4. The van der Waals surface area contributed by atoms with E-state index in [0.29, 0.717) is 15.8 Å². The zero-order valence-corrected chi connectivity index (χ0v) is 17.7. The van der Waals surface area contributed by atoms with Crippen LogP contribution in [-0.2, 0) is 4.79 Å². The quantitative estimate of drug-likeness (QED) is 0.705. The number of rotatable bonds is 3. The van der Waals surface area contributed by atoms with Crippen molar-refractivity contribution in [2.24, 2.45) is 4.99 Å². The molecular formula is C23H24FN3OS. The molecule has 0 aliphatic carbocycles. The molecule has 2 saturated heterocycles. The second-order valence-corrected chi connectivity index (χ2v) is 8.64. The molecule has 0 unspecified atom stereocenters. The average Bonchev–Trinajstić information content (AvgIpc) is 3.31. The zero-order chi connectivity index (χ0) is 20.5. The van der Waals surface area contributed by atoms with Crippen LogP contribution in [-0.4, -0.2) is 24.2 Å². The van der Waals surface area contributed by atoms with Crippen LogP contribution < -0.4 is 10.2 Å². The number of amides is 1. The first-order valence-corrected chi connectivity index (χ1v) is 10.6. The van der Waals surface area contributed by atoms with E-state index in [2.05, 4.69) is 22.1 Å². The summed E-state index contributed by atoms with van der Waals surface area (Å²) in [7, 11) is 0. The van der Waals surface area contributed by atoms with Crippen molar-refractivity contribution in [3.63, 3.8) is 0 Å². The zero-order valence-electron chi connectivity index (χ0n) is 16.9. The molecule has 29 heavy (non-hydrogen) atoms. The van der Waals surface area contributed by atoms with E-state index in [0.717, 1.165) is 48.3 Å². The molecule has 2 aromatic rings. The van der Waals surface area contributed by atoms with Crippen molar-refractivity contribution in [1.29, 1.82) is 0 Å². The third-order valence-electron chi connectivity index (χ3n) is 5.44. The fourth-order valence-corrected chi connectivity index (χ4v) is 4.40. The second kappa shape index (κ2) is 8.03. The minimum absolute atomic E-state index is 0.207. The van der Waals surface area contributed by atoms with Gasteiger partial charge in [-0.25, -0.2) is 9.38 Å². The summed E-state index contributed by atoms with van der Waals surface area (Å²) in [6.45, 7) is 7.83. The van der Waals surface area contributed by atoms with E-state index in [1.807, 2.05) is 38.1 Å². The SMILES string of the molecule is Cc1ccc(N=C2NC(=O)C(=Cc3cc(F)c(N4CCCC4)cc3C)S2)cc1C. The van der Waals surface area contributed by atoms with Crippen LogP contribution in [0.5, 0.6) is 0 Å². The van der Waals surface area contributed by atoms with E-state index in [1.165, 1.54) is 23.4 Å². The Morgan fingerprint density at radius 1 is 1.07 bits per heavy atom. The molecule has 2 aliphatic rings. The Labute approximate surface area is 174 Å². The third-order valence-corrected chi connectivity index (χ3v) is 6.35. The van der Waals surface area contributed by atoms with Gasteiger partial charge in [-0.15, -0.1) is 0 Å². The molecular weight excluding hydrogens is 385 g/mol. The molecule has 2 heterocycles. The van der Waals surface area contributed by atoms with E-state index in [-0.39, 0.29) is 11.7 Å². The fraction of sp³-hybridized carbons (Fsp3) is 0.304. The summed E-state index contributed by atoms with van der Waals surface area (Å²) in [6, 6.07) is 9.35. The van der Waals surface area contributed by atoms with Crippen LogP contribution in [0.25, 0.3) is 6.08 Å². The van der Waals surface area contributed by atoms with E-state index in [4.69, 9.17) is 0 Å². The molecule has 2 aromatic carbocycles. The third kappa shape index (κ3) is 4.22. The average molecular weight is 410 g/mol. The molecule has 0 aromatic heterocycles. The first-order valence-electron chi connectivity index (χ1n) is 9.82. The number of aryl methyl sites for hydroxylation is 3. The number of benzene rings is 2. The van der Waals surface area contributed by atoms with Crippen molar-refractivity contribution >= 4 is 40.3 Å². The number of amidine groups is 1. The Morgan fingerprint density at radius 2 is 1.83 bits per heavy atom. The molecule has 150 valence electrons. The number of nitrogens with one attached hydrogen (secondary N) is 1. The highest BCUT2D eigenvalue weighted by Gasteiger charge is 2.25. The van der Waals surface area contributed by atoms with E-state index in [1.54, 1.807) is 6.08 Å². The summed E-state index contributed by atoms with van der Waals surface area (Å²) in [5.74, 6) is -0.446. The molecule has 4 nitrogen and oxygen atoms in total. The smallest absolute Gasteiger partial charge is 0.264 e. The summed E-state index contributed by atoms with van der Waals surface area (Å²) < 4.78 is 14.7. The molecule has 0 spiro atoms. The Hall–Kier alpha value is -2.60. The maximum absolute atomic E-state index is 14.7. The molecule has 0 radical (unpaired) electrons. The molecule has 0 saturated carbocycles. The number of anilines is 1. The number of halogens is 1. The van der Waals surface area contributed by atoms with Crippen LogP contribution in [0.2, 0.25) is 0 Å². The minimum Gasteiger partial charge on any atom is -0.369 e.